The fourth-order valence-electron chi connectivity index (χ4n) is 3.57. The molecule has 0 aromatic heterocycles. The minimum atomic E-state index is -0.0485. The first-order chi connectivity index (χ1) is 13.2. The van der Waals surface area contributed by atoms with Gasteiger partial charge in [-0.2, -0.15) is 0 Å². The number of ketones is 1. The Hall–Kier alpha value is -2.58. The molecule has 4 rings (SSSR count). The molecular formula is C25H22OS. The van der Waals surface area contributed by atoms with E-state index in [1.165, 1.54) is 21.6 Å². The quantitative estimate of drug-likeness (QED) is 0.497. The zero-order valence-corrected chi connectivity index (χ0v) is 16.2. The van der Waals surface area contributed by atoms with Crippen molar-refractivity contribution in [3.8, 4) is 0 Å². The van der Waals surface area contributed by atoms with Crippen LogP contribution < -0.4 is 0 Å². The fraction of sp³-hybridized carbons (Fsp3) is 0.160. The molecule has 0 aliphatic carbocycles. The lowest BCUT2D eigenvalue weighted by Gasteiger charge is -2.29. The molecule has 0 amide bonds. The van der Waals surface area contributed by atoms with Crippen molar-refractivity contribution in [3.05, 3.63) is 113 Å². The zero-order valence-electron chi connectivity index (χ0n) is 15.3. The first kappa shape index (κ1) is 17.8. The molecular weight excluding hydrogens is 348 g/mol. The second-order valence-electron chi connectivity index (χ2n) is 6.98. The number of thioether (sulfide) groups is 1. The third kappa shape index (κ3) is 3.91. The van der Waals surface area contributed by atoms with Gasteiger partial charge in [0.15, 0.2) is 5.78 Å². The summed E-state index contributed by atoms with van der Waals surface area (Å²) >= 11 is 1.79. The van der Waals surface area contributed by atoms with Gasteiger partial charge in [0, 0.05) is 28.1 Å². The van der Waals surface area contributed by atoms with Crippen LogP contribution in [-0.4, -0.2) is 11.5 Å². The van der Waals surface area contributed by atoms with Gasteiger partial charge in [-0.15, -0.1) is 11.8 Å². The van der Waals surface area contributed by atoms with Gasteiger partial charge in [-0.25, -0.2) is 0 Å². The molecule has 2 atom stereocenters. The SMILES string of the molecule is Cc1ccc(C(=O)C2CSC(c3ccccc3)=CC2c2ccccc2)cc1. The van der Waals surface area contributed by atoms with E-state index in [2.05, 4.69) is 54.6 Å². The lowest BCUT2D eigenvalue weighted by atomic mass is 9.81. The monoisotopic (exact) mass is 370 g/mol. The number of aryl methyl sites for hydroxylation is 1. The number of carbonyl (C=O) groups excluding carboxylic acids is 1. The summed E-state index contributed by atoms with van der Waals surface area (Å²) in [6.07, 6.45) is 2.29. The molecule has 27 heavy (non-hydrogen) atoms. The van der Waals surface area contributed by atoms with E-state index in [1.807, 2.05) is 43.3 Å². The maximum Gasteiger partial charge on any atom is 0.167 e. The number of Topliss-reactive ketones (excluding diaryl/α,β-unsaturated/α-hetero) is 1. The largest absolute Gasteiger partial charge is 0.294 e. The molecule has 3 aromatic carbocycles. The Labute approximate surface area is 165 Å². The molecule has 2 unspecified atom stereocenters. The van der Waals surface area contributed by atoms with Gasteiger partial charge in [0.1, 0.15) is 0 Å². The van der Waals surface area contributed by atoms with Gasteiger partial charge in [0.2, 0.25) is 0 Å². The molecule has 2 heteroatoms. The van der Waals surface area contributed by atoms with Crippen molar-refractivity contribution in [3.63, 3.8) is 0 Å². The van der Waals surface area contributed by atoms with Gasteiger partial charge < -0.3 is 0 Å². The molecule has 1 heterocycles. The molecule has 134 valence electrons. The summed E-state index contributed by atoms with van der Waals surface area (Å²) in [4.78, 5) is 14.6. The Balaban J connectivity index is 1.72. The van der Waals surface area contributed by atoms with Crippen molar-refractivity contribution in [1.29, 1.82) is 0 Å². The predicted octanol–water partition coefficient (Wildman–Crippen LogP) is 6.37. The Morgan fingerprint density at radius 3 is 2.15 bits per heavy atom. The molecule has 0 spiro atoms. The van der Waals surface area contributed by atoms with Gasteiger partial charge >= 0.3 is 0 Å². The molecule has 0 saturated carbocycles. The van der Waals surface area contributed by atoms with E-state index in [4.69, 9.17) is 0 Å². The molecule has 1 nitrogen and oxygen atoms in total. The van der Waals surface area contributed by atoms with Crippen molar-refractivity contribution < 1.29 is 4.79 Å². The number of carbonyl (C=O) groups is 1. The van der Waals surface area contributed by atoms with E-state index < -0.39 is 0 Å². The summed E-state index contributed by atoms with van der Waals surface area (Å²) in [6.45, 7) is 2.05. The summed E-state index contributed by atoms with van der Waals surface area (Å²) in [6, 6.07) is 28.8. The van der Waals surface area contributed by atoms with Crippen molar-refractivity contribution in [1.82, 2.24) is 0 Å². The number of hydrogen-bond donors (Lipinski definition) is 0. The summed E-state index contributed by atoms with van der Waals surface area (Å²) in [5, 5.41) is 0. The molecule has 1 aliphatic rings. The highest BCUT2D eigenvalue weighted by atomic mass is 32.2. The molecule has 0 saturated heterocycles. The van der Waals surface area contributed by atoms with Gasteiger partial charge in [-0.1, -0.05) is 96.6 Å². The van der Waals surface area contributed by atoms with Crippen LogP contribution in [0.5, 0.6) is 0 Å². The third-order valence-electron chi connectivity index (χ3n) is 5.10. The van der Waals surface area contributed by atoms with Gasteiger partial charge in [0.25, 0.3) is 0 Å². The van der Waals surface area contributed by atoms with E-state index in [1.54, 1.807) is 11.8 Å². The van der Waals surface area contributed by atoms with Crippen molar-refractivity contribution >= 4 is 22.5 Å². The van der Waals surface area contributed by atoms with Gasteiger partial charge in [0.05, 0.1) is 0 Å². The minimum absolute atomic E-state index is 0.0485. The van der Waals surface area contributed by atoms with Crippen molar-refractivity contribution in [2.75, 3.05) is 5.75 Å². The highest BCUT2D eigenvalue weighted by molar-refractivity contribution is 8.08. The van der Waals surface area contributed by atoms with E-state index >= 15 is 0 Å². The normalized spacial score (nSPS) is 19.4. The van der Waals surface area contributed by atoms with Crippen molar-refractivity contribution in [2.24, 2.45) is 5.92 Å². The molecule has 0 radical (unpaired) electrons. The van der Waals surface area contributed by atoms with Gasteiger partial charge in [-0.3, -0.25) is 4.79 Å². The summed E-state index contributed by atoms with van der Waals surface area (Å²) in [5.41, 5.74) is 4.42. The molecule has 3 aromatic rings. The minimum Gasteiger partial charge on any atom is -0.294 e. The Kier molecular flexibility index (Phi) is 5.26. The Bertz CT molecular complexity index is 943. The highest BCUT2D eigenvalue weighted by Gasteiger charge is 2.32. The van der Waals surface area contributed by atoms with Crippen LogP contribution in [0.1, 0.15) is 33.0 Å². The molecule has 1 aliphatic heterocycles. The smallest absolute Gasteiger partial charge is 0.167 e. The standard InChI is InChI=1S/C25H22OS/c1-18-12-14-21(15-13-18)25(26)23-17-27-24(20-10-6-3-7-11-20)16-22(23)19-8-4-2-5-9-19/h2-16,22-23H,17H2,1H3. The Morgan fingerprint density at radius 2 is 1.48 bits per heavy atom. The maximum atomic E-state index is 13.3. The van der Waals surface area contributed by atoms with Gasteiger partial charge in [-0.05, 0) is 18.1 Å². The fourth-order valence-corrected chi connectivity index (χ4v) is 4.83. The molecule has 0 bridgehead atoms. The average Bonchev–Trinajstić information content (AvgIpc) is 2.75. The van der Waals surface area contributed by atoms with E-state index in [0.717, 1.165) is 11.3 Å². The Morgan fingerprint density at radius 1 is 0.852 bits per heavy atom. The van der Waals surface area contributed by atoms with Crippen LogP contribution in [0.25, 0.3) is 4.91 Å². The number of benzene rings is 3. The highest BCUT2D eigenvalue weighted by Crippen LogP contribution is 2.43. The van der Waals surface area contributed by atoms with E-state index in [-0.39, 0.29) is 17.6 Å². The van der Waals surface area contributed by atoms with Crippen LogP contribution in [0, 0.1) is 12.8 Å². The third-order valence-corrected chi connectivity index (χ3v) is 6.31. The summed E-state index contributed by atoms with van der Waals surface area (Å²) in [7, 11) is 0. The topological polar surface area (TPSA) is 17.1 Å². The number of allylic oxidation sites excluding steroid dienone is 1. The lowest BCUT2D eigenvalue weighted by Crippen LogP contribution is -2.26. The van der Waals surface area contributed by atoms with E-state index in [0.29, 0.717) is 0 Å². The molecule has 0 fully saturated rings. The second kappa shape index (κ2) is 7.98. The first-order valence-electron chi connectivity index (χ1n) is 9.28. The van der Waals surface area contributed by atoms with Crippen LogP contribution in [0.4, 0.5) is 0 Å². The van der Waals surface area contributed by atoms with Crippen LogP contribution in [-0.2, 0) is 0 Å². The summed E-state index contributed by atoms with van der Waals surface area (Å²) < 4.78 is 0. The number of rotatable bonds is 4. The van der Waals surface area contributed by atoms with Crippen LogP contribution in [0.2, 0.25) is 0 Å². The second-order valence-corrected chi connectivity index (χ2v) is 8.04. The lowest BCUT2D eigenvalue weighted by molar-refractivity contribution is 0.0923. The van der Waals surface area contributed by atoms with E-state index in [9.17, 15) is 4.79 Å². The molecule has 0 N–H and O–H groups in total. The average molecular weight is 371 g/mol. The van der Waals surface area contributed by atoms with Crippen LogP contribution >= 0.6 is 11.8 Å². The van der Waals surface area contributed by atoms with Crippen molar-refractivity contribution in [2.45, 2.75) is 12.8 Å². The maximum absolute atomic E-state index is 13.3. The number of hydrogen-bond acceptors (Lipinski definition) is 2. The van der Waals surface area contributed by atoms with Crippen LogP contribution in [0.15, 0.2) is 91.0 Å². The zero-order chi connectivity index (χ0) is 18.6. The summed E-state index contributed by atoms with van der Waals surface area (Å²) in [5.74, 6) is 1.08. The first-order valence-corrected chi connectivity index (χ1v) is 10.3. The predicted molar refractivity (Wildman–Crippen MR) is 115 cm³/mol. The van der Waals surface area contributed by atoms with Crippen LogP contribution in [0.3, 0.4) is 0 Å².